The molecule has 0 aromatic heterocycles. The molecule has 0 radical (unpaired) electrons. The van der Waals surface area contributed by atoms with Gasteiger partial charge in [-0.15, -0.1) is 0 Å². The quantitative estimate of drug-likeness (QED) is 0.189. The first kappa shape index (κ1) is 30.8. The van der Waals surface area contributed by atoms with E-state index in [2.05, 4.69) is 60.0 Å². The van der Waals surface area contributed by atoms with Crippen LogP contribution in [0.15, 0.2) is 36.4 Å². The molecule has 5 aliphatic rings. The Morgan fingerprint density at radius 3 is 2.30 bits per heavy atom. The van der Waals surface area contributed by atoms with Crippen LogP contribution in [0.1, 0.15) is 111 Å². The third kappa shape index (κ3) is 4.23. The predicted molar refractivity (Wildman–Crippen MR) is 174 cm³/mol. The maximum absolute atomic E-state index is 13.0. The third-order valence-electron chi connectivity index (χ3n) is 15.1. The van der Waals surface area contributed by atoms with Crippen LogP contribution < -0.4 is 5.73 Å². The summed E-state index contributed by atoms with van der Waals surface area (Å²) in [7, 11) is 0. The van der Waals surface area contributed by atoms with Gasteiger partial charge in [0.1, 0.15) is 0 Å². The predicted octanol–water partition coefficient (Wildman–Crippen LogP) is 8.34. The lowest BCUT2D eigenvalue weighted by Crippen LogP contribution is -2.68. The molecular weight excluding hydrogens is 530 g/mol. The number of carboxylic acids is 1. The second-order valence-electron chi connectivity index (χ2n) is 17.0. The van der Waals surface area contributed by atoms with Gasteiger partial charge in [0.2, 0.25) is 0 Å². The lowest BCUT2D eigenvalue weighted by atomic mass is 9.31. The number of benzene rings is 1. The monoisotopic (exact) mass is 585 g/mol. The minimum atomic E-state index is -0.580. The Morgan fingerprint density at radius 2 is 1.65 bits per heavy atom. The fraction of sp³-hybridized carbons (Fsp3) is 0.718. The van der Waals surface area contributed by atoms with Gasteiger partial charge in [-0.05, 0) is 146 Å². The number of hydrogen-bond donors (Lipinski definition) is 3. The zero-order valence-electron chi connectivity index (χ0n) is 27.5. The number of nitrogens with two attached hydrogens (primary N) is 1. The number of fused-ring (bicyclic) bond motifs is 7. The lowest BCUT2D eigenvalue weighted by Gasteiger charge is -2.73. The van der Waals surface area contributed by atoms with Crippen LogP contribution in [0.5, 0.6) is 0 Å². The van der Waals surface area contributed by atoms with Crippen LogP contribution in [0.25, 0.3) is 0 Å². The normalized spacial score (nSPS) is 46.3. The van der Waals surface area contributed by atoms with Crippen molar-refractivity contribution in [2.45, 2.75) is 112 Å². The number of aliphatic hydroxyl groups excluding tert-OH is 1. The molecular formula is C39H55NO3. The van der Waals surface area contributed by atoms with E-state index in [4.69, 9.17) is 5.73 Å². The number of aliphatic carboxylic acids is 1. The maximum Gasteiger partial charge on any atom is 0.309 e. The number of carboxylic acid groups (broad SMARTS) is 1. The molecule has 1 aromatic rings. The molecule has 0 saturated heterocycles. The van der Waals surface area contributed by atoms with Crippen molar-refractivity contribution in [1.29, 1.82) is 0 Å². The van der Waals surface area contributed by atoms with Gasteiger partial charge in [0.25, 0.3) is 0 Å². The summed E-state index contributed by atoms with van der Waals surface area (Å²) in [6, 6.07) is 7.73. The van der Waals surface area contributed by atoms with Crippen LogP contribution in [0.2, 0.25) is 0 Å². The molecule has 0 unspecified atom stereocenters. The highest BCUT2D eigenvalue weighted by atomic mass is 16.4. The molecule has 11 atom stereocenters. The zero-order valence-corrected chi connectivity index (χ0v) is 27.5. The molecule has 234 valence electrons. The van der Waals surface area contributed by atoms with Crippen LogP contribution in [0, 0.1) is 74.4 Å². The van der Waals surface area contributed by atoms with Gasteiger partial charge in [-0.2, -0.15) is 0 Å². The Kier molecular flexibility index (Phi) is 7.25. The van der Waals surface area contributed by atoms with Gasteiger partial charge in [0.15, 0.2) is 0 Å². The molecule has 43 heavy (non-hydrogen) atoms. The molecule has 6 rings (SSSR count). The number of allylic oxidation sites excluding steroid dienone is 1. The van der Waals surface area contributed by atoms with E-state index >= 15 is 0 Å². The number of hydrogen-bond acceptors (Lipinski definition) is 3. The highest BCUT2D eigenvalue weighted by molar-refractivity contribution is 5.76. The first-order valence-corrected chi connectivity index (χ1v) is 17.0. The Hall–Kier alpha value is -2.25. The van der Waals surface area contributed by atoms with Crippen molar-refractivity contribution >= 4 is 11.7 Å². The highest BCUT2D eigenvalue weighted by Gasteiger charge is 2.72. The average molecular weight is 586 g/mol. The summed E-state index contributed by atoms with van der Waals surface area (Å²) in [6.45, 7) is 18.9. The van der Waals surface area contributed by atoms with Gasteiger partial charge in [-0.1, -0.05) is 58.6 Å². The molecule has 0 aliphatic heterocycles. The number of anilines is 1. The second-order valence-corrected chi connectivity index (χ2v) is 17.0. The van der Waals surface area contributed by atoms with Crippen molar-refractivity contribution in [3.63, 3.8) is 0 Å². The van der Waals surface area contributed by atoms with E-state index in [0.717, 1.165) is 62.6 Å². The summed E-state index contributed by atoms with van der Waals surface area (Å²) < 4.78 is 0. The van der Waals surface area contributed by atoms with Crippen molar-refractivity contribution in [2.24, 2.45) is 62.6 Å². The van der Waals surface area contributed by atoms with E-state index < -0.39 is 11.4 Å². The van der Waals surface area contributed by atoms with Crippen molar-refractivity contribution in [1.82, 2.24) is 0 Å². The van der Waals surface area contributed by atoms with Crippen molar-refractivity contribution in [3.05, 3.63) is 42.0 Å². The zero-order chi connectivity index (χ0) is 31.2. The largest absolute Gasteiger partial charge is 0.481 e. The standard InChI is InChI=1S/C39H55NO3/c1-24(2)28-17-20-39(34(42)43)22-21-37(6)29(32(28)39)15-16-31-36(5)23-26(10-8-9-25-11-13-27(40)14-12-25)33(41)35(3,4)30(36)18-19-38(31,37)7/h11-14,26,28-33,41H,1,10,15-23,40H2,2-7H3,(H,42,43)/t26-,28+,29-,30+,31-,32-,33+,36+,37-,38-,39+/m1/s1. The van der Waals surface area contributed by atoms with Crippen molar-refractivity contribution < 1.29 is 15.0 Å². The Morgan fingerprint density at radius 1 is 0.953 bits per heavy atom. The second kappa shape index (κ2) is 10.1. The Labute approximate surface area is 260 Å². The summed E-state index contributed by atoms with van der Waals surface area (Å²) in [5.41, 5.74) is 8.37. The van der Waals surface area contributed by atoms with Crippen molar-refractivity contribution in [2.75, 3.05) is 5.73 Å². The van der Waals surface area contributed by atoms with E-state index in [1.54, 1.807) is 0 Å². The smallest absolute Gasteiger partial charge is 0.309 e. The SMILES string of the molecule is C=C(C)[C@@H]1CC[C@]2(C(=O)O)CC[C@]3(C)[C@H](CC[C@@H]4[C@@]5(C)C[C@@H](CC#Cc6ccc(N)cc6)[C@H](O)C(C)(C)[C@@H]5CC[C@]43C)[C@@H]12. The van der Waals surface area contributed by atoms with E-state index in [0.29, 0.717) is 30.1 Å². The van der Waals surface area contributed by atoms with Gasteiger partial charge in [-0.25, -0.2) is 0 Å². The lowest BCUT2D eigenvalue weighted by molar-refractivity contribution is -0.256. The summed E-state index contributed by atoms with van der Waals surface area (Å²) in [5.74, 6) is 8.32. The average Bonchev–Trinajstić information content (AvgIpc) is 3.34. The highest BCUT2D eigenvalue weighted by Crippen LogP contribution is 2.77. The molecule has 5 aliphatic carbocycles. The molecule has 0 bridgehead atoms. The molecule has 4 heteroatoms. The summed E-state index contributed by atoms with van der Waals surface area (Å²) in [5, 5.41) is 22.5. The van der Waals surface area contributed by atoms with E-state index in [9.17, 15) is 15.0 Å². The van der Waals surface area contributed by atoms with Gasteiger partial charge < -0.3 is 15.9 Å². The summed E-state index contributed by atoms with van der Waals surface area (Å²) >= 11 is 0. The molecule has 5 saturated carbocycles. The van der Waals surface area contributed by atoms with Crippen LogP contribution in [0.3, 0.4) is 0 Å². The fourth-order valence-corrected chi connectivity index (χ4v) is 12.9. The fourth-order valence-electron chi connectivity index (χ4n) is 12.9. The minimum absolute atomic E-state index is 0.107. The molecule has 4 N–H and O–H groups in total. The molecule has 1 aromatic carbocycles. The third-order valence-corrected chi connectivity index (χ3v) is 15.1. The first-order valence-electron chi connectivity index (χ1n) is 17.0. The van der Waals surface area contributed by atoms with Crippen LogP contribution in [-0.2, 0) is 4.79 Å². The van der Waals surface area contributed by atoms with E-state index in [1.165, 1.54) is 12.0 Å². The number of carbonyl (C=O) groups is 1. The molecule has 0 spiro atoms. The summed E-state index contributed by atoms with van der Waals surface area (Å²) in [6.07, 6.45) is 9.53. The Balaban J connectivity index is 1.33. The van der Waals surface area contributed by atoms with Gasteiger partial charge in [0, 0.05) is 17.7 Å². The number of aliphatic hydroxyl groups is 1. The Bertz CT molecular complexity index is 1350. The van der Waals surface area contributed by atoms with Crippen LogP contribution in [-0.4, -0.2) is 22.3 Å². The first-order chi connectivity index (χ1) is 20.1. The van der Waals surface area contributed by atoms with Gasteiger partial charge in [-0.3, -0.25) is 4.79 Å². The number of rotatable bonds is 3. The molecule has 0 amide bonds. The summed E-state index contributed by atoms with van der Waals surface area (Å²) in [4.78, 5) is 13.0. The minimum Gasteiger partial charge on any atom is -0.481 e. The van der Waals surface area contributed by atoms with Gasteiger partial charge >= 0.3 is 5.97 Å². The van der Waals surface area contributed by atoms with E-state index in [1.807, 2.05) is 24.3 Å². The molecule has 5 fully saturated rings. The number of nitrogen functional groups attached to an aromatic ring is 1. The molecule has 4 nitrogen and oxygen atoms in total. The topological polar surface area (TPSA) is 83.5 Å². The van der Waals surface area contributed by atoms with Crippen molar-refractivity contribution in [3.8, 4) is 11.8 Å². The van der Waals surface area contributed by atoms with Crippen LogP contribution >= 0.6 is 0 Å². The molecule has 0 heterocycles. The van der Waals surface area contributed by atoms with E-state index in [-0.39, 0.29) is 39.6 Å². The van der Waals surface area contributed by atoms with Crippen LogP contribution in [0.4, 0.5) is 5.69 Å². The van der Waals surface area contributed by atoms with Gasteiger partial charge in [0.05, 0.1) is 11.5 Å². The maximum atomic E-state index is 13.0.